The molecule has 168 valence electrons. The number of methoxy groups -OCH3 is 1. The predicted octanol–water partition coefficient (Wildman–Crippen LogP) is 3.11. The van der Waals surface area contributed by atoms with Crippen molar-refractivity contribution in [3.63, 3.8) is 0 Å². The SMILES string of the molecule is COc1nc(N(C)C)ncc1-c1cc2c(n1C(C)C)CN(c1cc(Cl)c(=O)n(C)c1)C2=O. The van der Waals surface area contributed by atoms with Crippen LogP contribution in [0, 0.1) is 0 Å². The van der Waals surface area contributed by atoms with E-state index in [2.05, 4.69) is 28.4 Å². The Morgan fingerprint density at radius 1 is 1.19 bits per heavy atom. The first-order valence-electron chi connectivity index (χ1n) is 10.1. The summed E-state index contributed by atoms with van der Waals surface area (Å²) >= 11 is 6.08. The molecule has 0 aromatic carbocycles. The summed E-state index contributed by atoms with van der Waals surface area (Å²) < 4.78 is 9.03. The third kappa shape index (κ3) is 3.42. The van der Waals surface area contributed by atoms with E-state index < -0.39 is 0 Å². The molecule has 0 saturated carbocycles. The number of carbonyl (C=O) groups is 1. The van der Waals surface area contributed by atoms with Crippen LogP contribution < -0.4 is 20.1 Å². The molecule has 0 radical (unpaired) electrons. The van der Waals surface area contributed by atoms with Gasteiger partial charge >= 0.3 is 0 Å². The first kappa shape index (κ1) is 21.9. The van der Waals surface area contributed by atoms with Crippen molar-refractivity contribution in [3.8, 4) is 17.1 Å². The fraction of sp³-hybridized carbons (Fsp3) is 0.364. The largest absolute Gasteiger partial charge is 0.480 e. The standard InChI is InChI=1S/C22H25ClN6O3/c1-12(2)29-17(15-9-24-22(26(3)4)25-19(15)32-6)8-14-18(29)11-28(20(14)30)13-7-16(23)21(31)27(5)10-13/h7-10,12H,11H2,1-6H3. The minimum atomic E-state index is -0.304. The van der Waals surface area contributed by atoms with E-state index >= 15 is 0 Å². The van der Waals surface area contributed by atoms with Gasteiger partial charge < -0.3 is 23.7 Å². The first-order chi connectivity index (χ1) is 15.1. The highest BCUT2D eigenvalue weighted by Crippen LogP contribution is 2.39. The Balaban J connectivity index is 1.82. The van der Waals surface area contributed by atoms with E-state index in [1.165, 1.54) is 10.6 Å². The normalized spacial score (nSPS) is 13.1. The third-order valence-corrected chi connectivity index (χ3v) is 5.76. The smallest absolute Gasteiger partial charge is 0.269 e. The quantitative estimate of drug-likeness (QED) is 0.586. The number of nitrogens with zero attached hydrogens (tertiary/aromatic N) is 6. The van der Waals surface area contributed by atoms with Crippen LogP contribution >= 0.6 is 11.6 Å². The molecule has 1 aliphatic heterocycles. The average Bonchev–Trinajstić information content (AvgIpc) is 3.27. The summed E-state index contributed by atoms with van der Waals surface area (Å²) in [5.74, 6) is 0.825. The van der Waals surface area contributed by atoms with E-state index in [1.807, 2.05) is 20.2 Å². The molecule has 32 heavy (non-hydrogen) atoms. The number of aromatic nitrogens is 4. The Morgan fingerprint density at radius 3 is 2.50 bits per heavy atom. The highest BCUT2D eigenvalue weighted by molar-refractivity contribution is 6.30. The summed E-state index contributed by atoms with van der Waals surface area (Å²) in [6, 6.07) is 3.46. The molecular formula is C22H25ClN6O3. The van der Waals surface area contributed by atoms with Gasteiger partial charge in [-0.1, -0.05) is 11.6 Å². The fourth-order valence-electron chi connectivity index (χ4n) is 3.99. The molecule has 1 aliphatic rings. The van der Waals surface area contributed by atoms with Crippen molar-refractivity contribution in [2.24, 2.45) is 7.05 Å². The zero-order valence-corrected chi connectivity index (χ0v) is 19.6. The highest BCUT2D eigenvalue weighted by Gasteiger charge is 2.35. The molecule has 3 aromatic rings. The summed E-state index contributed by atoms with van der Waals surface area (Å²) in [6.07, 6.45) is 3.34. The van der Waals surface area contributed by atoms with E-state index in [9.17, 15) is 9.59 Å². The van der Waals surface area contributed by atoms with Crippen LogP contribution in [0.5, 0.6) is 5.88 Å². The monoisotopic (exact) mass is 456 g/mol. The van der Waals surface area contributed by atoms with Crippen LogP contribution in [-0.2, 0) is 13.6 Å². The van der Waals surface area contributed by atoms with Crippen molar-refractivity contribution in [1.82, 2.24) is 19.1 Å². The molecule has 0 atom stereocenters. The van der Waals surface area contributed by atoms with Gasteiger partial charge in [-0.3, -0.25) is 9.59 Å². The van der Waals surface area contributed by atoms with Gasteiger partial charge in [0.25, 0.3) is 11.5 Å². The summed E-state index contributed by atoms with van der Waals surface area (Å²) in [4.78, 5) is 37.6. The number of anilines is 2. The minimum Gasteiger partial charge on any atom is -0.480 e. The fourth-order valence-corrected chi connectivity index (χ4v) is 4.24. The second-order valence-electron chi connectivity index (χ2n) is 8.19. The van der Waals surface area contributed by atoms with Gasteiger partial charge in [-0.15, -0.1) is 0 Å². The average molecular weight is 457 g/mol. The Hall–Kier alpha value is -3.33. The van der Waals surface area contributed by atoms with Crippen molar-refractivity contribution in [3.05, 3.63) is 51.2 Å². The van der Waals surface area contributed by atoms with Crippen LogP contribution in [0.15, 0.2) is 29.3 Å². The number of halogens is 1. The number of ether oxygens (including phenoxy) is 1. The third-order valence-electron chi connectivity index (χ3n) is 5.49. The lowest BCUT2D eigenvalue weighted by atomic mass is 10.2. The second kappa shape index (κ2) is 7.98. The molecule has 0 fully saturated rings. The number of hydrogen-bond donors (Lipinski definition) is 0. The number of pyridine rings is 1. The van der Waals surface area contributed by atoms with Gasteiger partial charge in [0.2, 0.25) is 11.8 Å². The molecule has 0 aliphatic carbocycles. The van der Waals surface area contributed by atoms with Crippen molar-refractivity contribution in [2.45, 2.75) is 26.4 Å². The van der Waals surface area contributed by atoms with Gasteiger partial charge in [0.1, 0.15) is 5.02 Å². The lowest BCUT2D eigenvalue weighted by Crippen LogP contribution is -2.27. The van der Waals surface area contributed by atoms with Gasteiger partial charge in [-0.2, -0.15) is 4.98 Å². The first-order valence-corrected chi connectivity index (χ1v) is 10.5. The lowest BCUT2D eigenvalue weighted by Gasteiger charge is -2.21. The van der Waals surface area contributed by atoms with Gasteiger partial charge in [0, 0.05) is 39.6 Å². The molecule has 0 saturated heterocycles. The zero-order chi connectivity index (χ0) is 23.3. The molecule has 9 nitrogen and oxygen atoms in total. The number of hydrogen-bond acceptors (Lipinski definition) is 6. The molecule has 1 amide bonds. The van der Waals surface area contributed by atoms with E-state index in [0.29, 0.717) is 35.2 Å². The number of carbonyl (C=O) groups excluding carboxylic acids is 1. The van der Waals surface area contributed by atoms with Crippen molar-refractivity contribution in [2.75, 3.05) is 31.0 Å². The number of fused-ring (bicyclic) bond motifs is 1. The molecule has 4 rings (SSSR count). The number of rotatable bonds is 5. The van der Waals surface area contributed by atoms with Crippen LogP contribution in [0.2, 0.25) is 5.02 Å². The van der Waals surface area contributed by atoms with Gasteiger partial charge in [-0.25, -0.2) is 4.98 Å². The number of amides is 1. The van der Waals surface area contributed by atoms with Crippen LogP contribution in [0.1, 0.15) is 35.9 Å². The van der Waals surface area contributed by atoms with E-state index in [0.717, 1.165) is 11.4 Å². The summed E-state index contributed by atoms with van der Waals surface area (Å²) in [5, 5.41) is 0.0738. The maximum Gasteiger partial charge on any atom is 0.269 e. The van der Waals surface area contributed by atoms with E-state index in [4.69, 9.17) is 16.3 Å². The number of aryl methyl sites for hydroxylation is 1. The Kier molecular flexibility index (Phi) is 5.46. The van der Waals surface area contributed by atoms with Crippen LogP contribution in [0.3, 0.4) is 0 Å². The molecule has 0 N–H and O–H groups in total. The highest BCUT2D eigenvalue weighted by atomic mass is 35.5. The lowest BCUT2D eigenvalue weighted by molar-refractivity contribution is 0.0996. The minimum absolute atomic E-state index is 0.0726. The molecule has 0 spiro atoms. The van der Waals surface area contributed by atoms with Crippen molar-refractivity contribution < 1.29 is 9.53 Å². The van der Waals surface area contributed by atoms with Crippen molar-refractivity contribution in [1.29, 1.82) is 0 Å². The van der Waals surface area contributed by atoms with E-state index in [1.54, 1.807) is 36.4 Å². The molecule has 4 heterocycles. The van der Waals surface area contributed by atoms with Crippen molar-refractivity contribution >= 4 is 29.1 Å². The molecule has 0 bridgehead atoms. The van der Waals surface area contributed by atoms with Crippen LogP contribution in [0.4, 0.5) is 11.6 Å². The van der Waals surface area contributed by atoms with Gasteiger partial charge in [0.05, 0.1) is 41.9 Å². The van der Waals surface area contributed by atoms with E-state index in [-0.39, 0.29) is 22.5 Å². The molecular weight excluding hydrogens is 432 g/mol. The topological polar surface area (TPSA) is 85.5 Å². The van der Waals surface area contributed by atoms with Crippen LogP contribution in [-0.4, -0.2) is 46.2 Å². The predicted molar refractivity (Wildman–Crippen MR) is 124 cm³/mol. The van der Waals surface area contributed by atoms with Gasteiger partial charge in [-0.05, 0) is 26.0 Å². The summed E-state index contributed by atoms with van der Waals surface area (Å²) in [6.45, 7) is 4.48. The van der Waals surface area contributed by atoms with Crippen LogP contribution in [0.25, 0.3) is 11.3 Å². The molecule has 0 unspecified atom stereocenters. The maximum absolute atomic E-state index is 13.3. The Morgan fingerprint density at radius 2 is 1.91 bits per heavy atom. The maximum atomic E-state index is 13.3. The molecule has 3 aromatic heterocycles. The molecule has 10 heteroatoms. The van der Waals surface area contributed by atoms with Gasteiger partial charge in [0.15, 0.2) is 0 Å². The Labute approximate surface area is 190 Å². The Bertz CT molecular complexity index is 1250. The summed E-state index contributed by atoms with van der Waals surface area (Å²) in [5.41, 5.74) is 3.28. The summed E-state index contributed by atoms with van der Waals surface area (Å²) in [7, 11) is 6.90. The zero-order valence-electron chi connectivity index (χ0n) is 18.9. The second-order valence-corrected chi connectivity index (χ2v) is 8.60.